The summed E-state index contributed by atoms with van der Waals surface area (Å²) < 4.78 is 54.9. The first-order valence-corrected chi connectivity index (χ1v) is 15.6. The number of pyridine rings is 1. The largest absolute Gasteiger partial charge is 0.497 e. The lowest BCUT2D eigenvalue weighted by molar-refractivity contribution is -0.128. The summed E-state index contributed by atoms with van der Waals surface area (Å²) in [6.45, 7) is 3.74. The number of nitrogens with zero attached hydrogens (tertiary/aromatic N) is 6. The monoisotopic (exact) mass is 621 g/mol. The predicted molar refractivity (Wildman–Crippen MR) is 161 cm³/mol. The van der Waals surface area contributed by atoms with Crippen LogP contribution in [0.15, 0.2) is 67.3 Å². The average Bonchev–Trinajstić information content (AvgIpc) is 3.91. The highest BCUT2D eigenvalue weighted by Gasteiger charge is 2.44. The van der Waals surface area contributed by atoms with Gasteiger partial charge in [0.05, 0.1) is 49.3 Å². The molecule has 4 aromatic rings. The Labute approximate surface area is 254 Å². The van der Waals surface area contributed by atoms with Gasteiger partial charge in [-0.25, -0.2) is 42.0 Å². The Kier molecular flexibility index (Phi) is 8.99. The van der Waals surface area contributed by atoms with Crippen LogP contribution >= 0.6 is 0 Å². The highest BCUT2D eigenvalue weighted by Crippen LogP contribution is 2.35. The van der Waals surface area contributed by atoms with E-state index in [-0.39, 0.29) is 30.4 Å². The third-order valence-electron chi connectivity index (χ3n) is 7.08. The van der Waals surface area contributed by atoms with E-state index < -0.39 is 26.8 Å². The van der Waals surface area contributed by atoms with Gasteiger partial charge in [-0.2, -0.15) is 0 Å². The maximum absolute atomic E-state index is 16.5. The molecule has 1 fully saturated rings. The van der Waals surface area contributed by atoms with Crippen LogP contribution in [0.4, 0.5) is 16.2 Å². The molecule has 1 N–H and O–H groups in total. The minimum absolute atomic E-state index is 0.0705. The van der Waals surface area contributed by atoms with E-state index in [4.69, 9.17) is 9.47 Å². The molecule has 1 aliphatic carbocycles. The zero-order valence-corrected chi connectivity index (χ0v) is 25.3. The van der Waals surface area contributed by atoms with Gasteiger partial charge < -0.3 is 14.8 Å². The van der Waals surface area contributed by atoms with Crippen molar-refractivity contribution in [1.82, 2.24) is 24.9 Å². The topological polar surface area (TPSA) is 149 Å². The maximum Gasteiger partial charge on any atom is 0.269 e. The number of ether oxygens (including phenoxy) is 2. The minimum Gasteiger partial charge on any atom is -0.497 e. The fourth-order valence-electron chi connectivity index (χ4n) is 4.39. The number of carbonyl (C=O) groups excluding carboxylic acids is 1. The molecule has 3 heterocycles. The molecule has 0 radical (unpaired) electrons. The Morgan fingerprint density at radius 1 is 1.02 bits per heavy atom. The minimum atomic E-state index is -3.84. The fraction of sp³-hybridized carbons (Fsp3) is 0.333. The number of rotatable bonds is 13. The first kappa shape index (κ1) is 30.7. The van der Waals surface area contributed by atoms with Crippen molar-refractivity contribution < 1.29 is 27.1 Å². The lowest BCUT2D eigenvalue weighted by Gasteiger charge is -2.26. The average molecular weight is 622 g/mol. The summed E-state index contributed by atoms with van der Waals surface area (Å²) in [4.78, 5) is 34.5. The number of amides is 1. The van der Waals surface area contributed by atoms with Crippen molar-refractivity contribution >= 4 is 27.7 Å². The van der Waals surface area contributed by atoms with E-state index in [9.17, 15) is 13.2 Å². The maximum atomic E-state index is 16.5. The quantitative estimate of drug-likeness (QED) is 0.227. The molecule has 14 heteroatoms. The Bertz CT molecular complexity index is 1700. The second-order valence-corrected chi connectivity index (χ2v) is 12.2. The Balaban J connectivity index is 1.37. The molecule has 44 heavy (non-hydrogen) atoms. The van der Waals surface area contributed by atoms with Crippen LogP contribution in [-0.2, 0) is 27.0 Å². The van der Waals surface area contributed by atoms with E-state index in [1.54, 1.807) is 30.3 Å². The zero-order chi connectivity index (χ0) is 31.3. The first-order chi connectivity index (χ1) is 21.2. The van der Waals surface area contributed by atoms with Gasteiger partial charge in [0.25, 0.3) is 5.91 Å². The van der Waals surface area contributed by atoms with Gasteiger partial charge in [-0.15, -0.1) is 0 Å². The van der Waals surface area contributed by atoms with E-state index in [2.05, 4.69) is 30.2 Å². The van der Waals surface area contributed by atoms with Crippen molar-refractivity contribution in [3.63, 3.8) is 0 Å². The van der Waals surface area contributed by atoms with Gasteiger partial charge in [0.2, 0.25) is 27.5 Å². The molecule has 3 aromatic heterocycles. The number of methoxy groups -OCH3 is 1. The van der Waals surface area contributed by atoms with E-state index in [1.165, 1.54) is 51.0 Å². The number of hydrogen-bond donors (Lipinski definition) is 1. The molecule has 0 spiro atoms. The normalized spacial score (nSPS) is 14.4. The molecule has 0 saturated heterocycles. The van der Waals surface area contributed by atoms with Crippen molar-refractivity contribution in [2.24, 2.45) is 0 Å². The molecule has 230 valence electrons. The summed E-state index contributed by atoms with van der Waals surface area (Å²) in [5.41, 5.74) is -1.03. The summed E-state index contributed by atoms with van der Waals surface area (Å²) >= 11 is 0. The third kappa shape index (κ3) is 6.59. The van der Waals surface area contributed by atoms with Crippen LogP contribution in [0.5, 0.6) is 11.6 Å². The number of hydrogen-bond acceptors (Lipinski definition) is 10. The third-order valence-corrected chi connectivity index (χ3v) is 9.30. The van der Waals surface area contributed by atoms with Gasteiger partial charge in [-0.05, 0) is 62.1 Å². The lowest BCUT2D eigenvalue weighted by Crippen LogP contribution is -2.39. The van der Waals surface area contributed by atoms with Crippen molar-refractivity contribution in [1.29, 1.82) is 0 Å². The SMILES string of the molecule is CCOc1cnc(-c2ccc(NC(=O)C(F)(CC)c3ccnc(N(Cc4ccc(OC)cc4)S(=O)(=O)C4CC4)n3)nc2)cn1. The second kappa shape index (κ2) is 12.9. The Morgan fingerprint density at radius 2 is 1.80 bits per heavy atom. The first-order valence-electron chi connectivity index (χ1n) is 14.1. The van der Waals surface area contributed by atoms with Crippen LogP contribution in [0.2, 0.25) is 0 Å². The molecule has 1 unspecified atom stereocenters. The van der Waals surface area contributed by atoms with Gasteiger partial charge in [-0.1, -0.05) is 19.1 Å². The van der Waals surface area contributed by atoms with Gasteiger partial charge in [-0.3, -0.25) is 4.79 Å². The van der Waals surface area contributed by atoms with Gasteiger partial charge >= 0.3 is 0 Å². The molecule has 1 amide bonds. The summed E-state index contributed by atoms with van der Waals surface area (Å²) in [7, 11) is -2.30. The van der Waals surface area contributed by atoms with Gasteiger partial charge in [0, 0.05) is 18.0 Å². The van der Waals surface area contributed by atoms with Crippen LogP contribution in [0.3, 0.4) is 0 Å². The molecule has 1 atom stereocenters. The summed E-state index contributed by atoms with van der Waals surface area (Å²) in [6.07, 6.45) is 6.53. The summed E-state index contributed by atoms with van der Waals surface area (Å²) in [6, 6.07) is 11.4. The molecule has 0 bridgehead atoms. The molecule has 5 rings (SSSR count). The number of anilines is 2. The van der Waals surface area contributed by atoms with E-state index >= 15 is 4.39 Å². The van der Waals surface area contributed by atoms with Crippen molar-refractivity contribution in [2.75, 3.05) is 23.3 Å². The van der Waals surface area contributed by atoms with Crippen LogP contribution in [0.25, 0.3) is 11.3 Å². The summed E-state index contributed by atoms with van der Waals surface area (Å²) in [5, 5.41) is 1.94. The second-order valence-electron chi connectivity index (χ2n) is 10.1. The van der Waals surface area contributed by atoms with Crippen LogP contribution in [0, 0.1) is 0 Å². The van der Waals surface area contributed by atoms with E-state index in [0.717, 1.165) is 4.31 Å². The fourth-order valence-corrected chi connectivity index (χ4v) is 6.12. The molecule has 12 nitrogen and oxygen atoms in total. The van der Waals surface area contributed by atoms with E-state index in [0.29, 0.717) is 47.9 Å². The lowest BCUT2D eigenvalue weighted by atomic mass is 9.97. The highest BCUT2D eigenvalue weighted by atomic mass is 32.2. The van der Waals surface area contributed by atoms with Crippen LogP contribution in [-0.4, -0.2) is 58.2 Å². The highest BCUT2D eigenvalue weighted by molar-refractivity contribution is 7.93. The molecular formula is C30H32FN7O5S. The van der Waals surface area contributed by atoms with Gasteiger partial charge in [0.1, 0.15) is 11.6 Å². The number of nitrogens with one attached hydrogen (secondary N) is 1. The number of sulfonamides is 1. The number of carbonyl (C=O) groups is 1. The predicted octanol–water partition coefficient (Wildman–Crippen LogP) is 4.45. The van der Waals surface area contributed by atoms with Crippen molar-refractivity contribution in [3.8, 4) is 22.9 Å². The van der Waals surface area contributed by atoms with Crippen molar-refractivity contribution in [2.45, 2.75) is 50.6 Å². The molecular weight excluding hydrogens is 589 g/mol. The van der Waals surface area contributed by atoms with Crippen molar-refractivity contribution in [3.05, 3.63) is 78.5 Å². The number of alkyl halides is 1. The Morgan fingerprint density at radius 3 is 2.39 bits per heavy atom. The number of benzene rings is 1. The number of aromatic nitrogens is 5. The molecule has 1 aliphatic rings. The van der Waals surface area contributed by atoms with Crippen LogP contribution < -0.4 is 19.1 Å². The molecule has 0 aliphatic heterocycles. The smallest absolute Gasteiger partial charge is 0.269 e. The number of halogens is 1. The molecule has 1 saturated carbocycles. The standard InChI is InChI=1S/C30H32FN7O5S/c1-4-30(31,28(39)37-26-13-8-21(16-34-26)24-17-35-27(18-33-24)43-5-2)25-14-15-32-29(36-25)38(44(40,41)23-11-12-23)19-20-6-9-22(42-3)10-7-20/h6-10,13-18,23H,4-5,11-12,19H2,1-3H3,(H,34,37,39). The van der Waals surface area contributed by atoms with Crippen LogP contribution in [0.1, 0.15) is 44.4 Å². The molecule has 1 aromatic carbocycles. The van der Waals surface area contributed by atoms with E-state index in [1.807, 2.05) is 6.92 Å². The Hall–Kier alpha value is -4.72. The summed E-state index contributed by atoms with van der Waals surface area (Å²) in [5.74, 6) is -0.0904. The van der Waals surface area contributed by atoms with Gasteiger partial charge in [0.15, 0.2) is 0 Å². The zero-order valence-electron chi connectivity index (χ0n) is 24.5.